The van der Waals surface area contributed by atoms with Crippen LogP contribution in [0.1, 0.15) is 18.7 Å². The molecule has 0 amide bonds. The highest BCUT2D eigenvalue weighted by Crippen LogP contribution is 2.40. The van der Waals surface area contributed by atoms with E-state index in [4.69, 9.17) is 11.6 Å². The van der Waals surface area contributed by atoms with Crippen molar-refractivity contribution in [3.8, 4) is 0 Å². The lowest BCUT2D eigenvalue weighted by atomic mass is 10.0. The molecule has 0 spiro atoms. The molecule has 1 unspecified atom stereocenters. The molecule has 1 fully saturated rings. The van der Waals surface area contributed by atoms with Gasteiger partial charge in [-0.2, -0.15) is 11.8 Å². The molecule has 1 aliphatic heterocycles. The molecule has 0 bridgehead atoms. The van der Waals surface area contributed by atoms with Gasteiger partial charge in [0, 0.05) is 28.0 Å². The average molecular weight is 248 g/mol. The van der Waals surface area contributed by atoms with Crippen molar-refractivity contribution in [2.24, 2.45) is 0 Å². The predicted molar refractivity (Wildman–Crippen MR) is 66.5 cm³/mol. The molecule has 1 nitrogen and oxygen atoms in total. The largest absolute Gasteiger partial charge is 0.307 e. The molecule has 1 aromatic rings. The highest BCUT2D eigenvalue weighted by atomic mass is 35.5. The van der Waals surface area contributed by atoms with Crippen molar-refractivity contribution in [2.75, 3.05) is 5.75 Å². The van der Waals surface area contributed by atoms with Gasteiger partial charge in [0.05, 0.1) is 5.02 Å². The van der Waals surface area contributed by atoms with Gasteiger partial charge in [-0.25, -0.2) is 0 Å². The Morgan fingerprint density at radius 3 is 2.86 bits per heavy atom. The van der Waals surface area contributed by atoms with Gasteiger partial charge in [0.2, 0.25) is 0 Å². The minimum absolute atomic E-state index is 0.393. The first-order chi connectivity index (χ1) is 6.59. The zero-order valence-electron chi connectivity index (χ0n) is 8.34. The van der Waals surface area contributed by atoms with E-state index in [1.807, 2.05) is 23.2 Å². The van der Waals surface area contributed by atoms with Gasteiger partial charge in [0.1, 0.15) is 0 Å². The number of nitrogens with one attached hydrogen (secondary N) is 1. The van der Waals surface area contributed by atoms with Gasteiger partial charge in [-0.1, -0.05) is 11.6 Å². The van der Waals surface area contributed by atoms with Gasteiger partial charge >= 0.3 is 0 Å². The third kappa shape index (κ3) is 2.11. The van der Waals surface area contributed by atoms with Gasteiger partial charge in [-0.15, -0.1) is 11.3 Å². The Balaban J connectivity index is 1.87. The molecule has 0 saturated carbocycles. The summed E-state index contributed by atoms with van der Waals surface area (Å²) in [5.74, 6) is 1.22. The van der Waals surface area contributed by atoms with Crippen LogP contribution in [0.5, 0.6) is 0 Å². The lowest BCUT2D eigenvalue weighted by Crippen LogP contribution is -2.54. The lowest BCUT2D eigenvalue weighted by Gasteiger charge is -2.44. The van der Waals surface area contributed by atoms with Crippen LogP contribution in [0.2, 0.25) is 5.02 Å². The third-order valence-corrected chi connectivity index (χ3v) is 5.58. The van der Waals surface area contributed by atoms with E-state index in [9.17, 15) is 0 Å². The van der Waals surface area contributed by atoms with Crippen LogP contribution in [-0.4, -0.2) is 16.5 Å². The fourth-order valence-electron chi connectivity index (χ4n) is 1.47. The smallest absolute Gasteiger partial charge is 0.0558 e. The molecule has 0 radical (unpaired) electrons. The van der Waals surface area contributed by atoms with E-state index in [0.29, 0.717) is 10.8 Å². The molecule has 14 heavy (non-hydrogen) atoms. The second-order valence-electron chi connectivity index (χ2n) is 4.04. The van der Waals surface area contributed by atoms with E-state index in [-0.39, 0.29) is 0 Å². The second kappa shape index (κ2) is 4.05. The topological polar surface area (TPSA) is 12.0 Å². The summed E-state index contributed by atoms with van der Waals surface area (Å²) in [6, 6.07) is 2.59. The molecule has 1 atom stereocenters. The molecule has 1 aromatic heterocycles. The molecule has 1 N–H and O–H groups in total. The first-order valence-corrected chi connectivity index (χ1v) is 6.93. The molecule has 0 aliphatic carbocycles. The summed E-state index contributed by atoms with van der Waals surface area (Å²) in [4.78, 5) is 1.25. The normalized spacial score (nSPS) is 24.6. The maximum Gasteiger partial charge on any atom is 0.0558 e. The van der Waals surface area contributed by atoms with Crippen LogP contribution in [0.15, 0.2) is 11.4 Å². The third-order valence-electron chi connectivity index (χ3n) is 2.66. The van der Waals surface area contributed by atoms with Crippen molar-refractivity contribution >= 4 is 34.7 Å². The van der Waals surface area contributed by atoms with E-state index < -0.39 is 0 Å². The number of hydrogen-bond acceptors (Lipinski definition) is 3. The Bertz CT molecular complexity index is 322. The van der Waals surface area contributed by atoms with Gasteiger partial charge in [0.15, 0.2) is 0 Å². The number of rotatable bonds is 3. The summed E-state index contributed by atoms with van der Waals surface area (Å²) in [6.45, 7) is 5.48. The van der Waals surface area contributed by atoms with E-state index in [0.717, 1.165) is 11.6 Å². The first-order valence-electron chi connectivity index (χ1n) is 4.69. The van der Waals surface area contributed by atoms with Crippen molar-refractivity contribution < 1.29 is 0 Å². The van der Waals surface area contributed by atoms with Crippen molar-refractivity contribution in [2.45, 2.75) is 31.2 Å². The highest BCUT2D eigenvalue weighted by Gasteiger charge is 2.38. The van der Waals surface area contributed by atoms with Gasteiger partial charge in [-0.3, -0.25) is 0 Å². The summed E-state index contributed by atoms with van der Waals surface area (Å²) in [5, 5.41) is 6.50. The molecule has 1 aliphatic rings. The minimum Gasteiger partial charge on any atom is -0.307 e. The maximum absolute atomic E-state index is 6.02. The Hall–Kier alpha value is 0.300. The molecule has 1 saturated heterocycles. The highest BCUT2D eigenvalue weighted by molar-refractivity contribution is 8.02. The predicted octanol–water partition coefficient (Wildman–Crippen LogP) is 3.39. The van der Waals surface area contributed by atoms with Crippen LogP contribution in [-0.2, 0) is 6.54 Å². The summed E-state index contributed by atoms with van der Waals surface area (Å²) in [5.41, 5.74) is 0. The SMILES string of the molecule is CC1(C)SCC1NCc1sccc1Cl. The molecular weight excluding hydrogens is 234 g/mol. The zero-order chi connectivity index (χ0) is 10.2. The van der Waals surface area contributed by atoms with Crippen LogP contribution >= 0.6 is 34.7 Å². The van der Waals surface area contributed by atoms with Gasteiger partial charge in [-0.05, 0) is 25.3 Å². The van der Waals surface area contributed by atoms with Gasteiger partial charge in [0.25, 0.3) is 0 Å². The van der Waals surface area contributed by atoms with Crippen molar-refractivity contribution in [1.29, 1.82) is 0 Å². The monoisotopic (exact) mass is 247 g/mol. The van der Waals surface area contributed by atoms with E-state index in [1.165, 1.54) is 10.6 Å². The molecule has 2 heterocycles. The molecule has 4 heteroatoms. The Morgan fingerprint density at radius 1 is 1.64 bits per heavy atom. The summed E-state index contributed by atoms with van der Waals surface area (Å²) < 4.78 is 0.393. The fraction of sp³-hybridized carbons (Fsp3) is 0.600. The standard InChI is InChI=1S/C10H14ClNS2/c1-10(2)9(6-14-10)12-5-8-7(11)3-4-13-8/h3-4,9,12H,5-6H2,1-2H3. The molecule has 2 rings (SSSR count). The number of hydrogen-bond donors (Lipinski definition) is 1. The quantitative estimate of drug-likeness (QED) is 0.879. The van der Waals surface area contributed by atoms with E-state index >= 15 is 0 Å². The van der Waals surface area contributed by atoms with Crippen molar-refractivity contribution in [3.63, 3.8) is 0 Å². The Labute approximate surface area is 98.2 Å². The molecule has 78 valence electrons. The second-order valence-corrected chi connectivity index (χ2v) is 7.12. The average Bonchev–Trinajstić information content (AvgIpc) is 2.50. The van der Waals surface area contributed by atoms with Crippen molar-refractivity contribution in [3.05, 3.63) is 21.3 Å². The molecular formula is C10H14ClNS2. The van der Waals surface area contributed by atoms with E-state index in [1.54, 1.807) is 11.3 Å². The summed E-state index contributed by atoms with van der Waals surface area (Å²) >= 11 is 9.77. The van der Waals surface area contributed by atoms with E-state index in [2.05, 4.69) is 19.2 Å². The van der Waals surface area contributed by atoms with Crippen LogP contribution in [0.25, 0.3) is 0 Å². The van der Waals surface area contributed by atoms with Gasteiger partial charge < -0.3 is 5.32 Å². The van der Waals surface area contributed by atoms with Crippen LogP contribution in [0, 0.1) is 0 Å². The molecule has 0 aromatic carbocycles. The first kappa shape index (κ1) is 10.8. The van der Waals surface area contributed by atoms with Crippen LogP contribution in [0.3, 0.4) is 0 Å². The number of thioether (sulfide) groups is 1. The lowest BCUT2D eigenvalue weighted by molar-refractivity contribution is 0.437. The summed E-state index contributed by atoms with van der Waals surface area (Å²) in [6.07, 6.45) is 0. The van der Waals surface area contributed by atoms with Crippen LogP contribution in [0.4, 0.5) is 0 Å². The Morgan fingerprint density at radius 2 is 2.43 bits per heavy atom. The number of thiophene rings is 1. The van der Waals surface area contributed by atoms with Crippen molar-refractivity contribution in [1.82, 2.24) is 5.32 Å². The minimum atomic E-state index is 0.393. The number of halogens is 1. The Kier molecular flexibility index (Phi) is 3.12. The zero-order valence-corrected chi connectivity index (χ0v) is 10.7. The van der Waals surface area contributed by atoms with Crippen LogP contribution < -0.4 is 5.32 Å². The maximum atomic E-state index is 6.02. The summed E-state index contributed by atoms with van der Waals surface area (Å²) in [7, 11) is 0. The fourth-order valence-corrected chi connectivity index (χ4v) is 3.73.